The topological polar surface area (TPSA) is 34.0 Å². The first kappa shape index (κ1) is 16.4. The van der Waals surface area contributed by atoms with E-state index in [9.17, 15) is 4.79 Å². The highest BCUT2D eigenvalue weighted by atomic mass is 32.1. The number of amides is 1. The lowest BCUT2D eigenvalue weighted by Crippen LogP contribution is -2.42. The number of hydrogen-bond acceptors (Lipinski definition) is 2. The number of nitrogens with one attached hydrogen (secondary N) is 1. The summed E-state index contributed by atoms with van der Waals surface area (Å²) in [4.78, 5) is 14.2. The van der Waals surface area contributed by atoms with E-state index >= 15 is 0 Å². The molecule has 0 unspecified atom stereocenters. The van der Waals surface area contributed by atoms with Crippen LogP contribution in [0.5, 0.6) is 0 Å². The molecular formula is C21H24N2OS. The van der Waals surface area contributed by atoms with Crippen molar-refractivity contribution in [1.82, 2.24) is 9.88 Å². The largest absolute Gasteiger partial charge is 0.355 e. The molecule has 4 rings (SSSR count). The summed E-state index contributed by atoms with van der Waals surface area (Å²) in [5, 5.41) is 6.57. The van der Waals surface area contributed by atoms with Gasteiger partial charge in [-0.1, -0.05) is 37.1 Å². The molecule has 1 amide bonds. The van der Waals surface area contributed by atoms with Gasteiger partial charge in [-0.05, 0) is 48.2 Å². The number of carbonyl (C=O) groups is 1. The Hall–Kier alpha value is -2.07. The predicted molar refractivity (Wildman–Crippen MR) is 104 cm³/mol. The zero-order valence-corrected chi connectivity index (χ0v) is 15.2. The summed E-state index contributed by atoms with van der Waals surface area (Å²) in [6.07, 6.45) is 7.37. The minimum atomic E-state index is -0.270. The van der Waals surface area contributed by atoms with Crippen molar-refractivity contribution in [3.8, 4) is 0 Å². The number of rotatable bonds is 6. The van der Waals surface area contributed by atoms with E-state index in [0.717, 1.165) is 45.2 Å². The summed E-state index contributed by atoms with van der Waals surface area (Å²) >= 11 is 1.72. The summed E-state index contributed by atoms with van der Waals surface area (Å²) in [6, 6.07) is 14.8. The molecule has 1 aliphatic carbocycles. The Morgan fingerprint density at radius 1 is 1.12 bits per heavy atom. The van der Waals surface area contributed by atoms with Crippen molar-refractivity contribution in [2.24, 2.45) is 0 Å². The van der Waals surface area contributed by atoms with Gasteiger partial charge in [-0.2, -0.15) is 0 Å². The van der Waals surface area contributed by atoms with E-state index in [4.69, 9.17) is 0 Å². The number of aromatic nitrogens is 1. The molecule has 1 aliphatic rings. The molecule has 0 radical (unpaired) electrons. The van der Waals surface area contributed by atoms with E-state index < -0.39 is 0 Å². The van der Waals surface area contributed by atoms with E-state index in [1.165, 1.54) is 15.8 Å². The monoisotopic (exact) mass is 352 g/mol. The molecule has 1 saturated carbocycles. The van der Waals surface area contributed by atoms with Gasteiger partial charge in [0.1, 0.15) is 0 Å². The highest BCUT2D eigenvalue weighted by Gasteiger charge is 2.43. The second kappa shape index (κ2) is 7.04. The van der Waals surface area contributed by atoms with Crippen molar-refractivity contribution in [1.29, 1.82) is 0 Å². The van der Waals surface area contributed by atoms with Gasteiger partial charge in [0.05, 0.1) is 5.41 Å². The Kier molecular flexibility index (Phi) is 4.62. The number of hydrogen-bond donors (Lipinski definition) is 1. The summed E-state index contributed by atoms with van der Waals surface area (Å²) in [6.45, 7) is 1.66. The molecule has 0 spiro atoms. The fraction of sp³-hybridized carbons (Fsp3) is 0.381. The van der Waals surface area contributed by atoms with Gasteiger partial charge in [-0.25, -0.2) is 0 Å². The first-order valence-electron chi connectivity index (χ1n) is 9.16. The van der Waals surface area contributed by atoms with Crippen LogP contribution in [0.3, 0.4) is 0 Å². The van der Waals surface area contributed by atoms with Crippen LogP contribution in [-0.2, 0) is 16.8 Å². The van der Waals surface area contributed by atoms with Crippen LogP contribution in [0.1, 0.15) is 37.0 Å². The van der Waals surface area contributed by atoms with E-state index in [2.05, 4.69) is 63.9 Å². The molecule has 4 heteroatoms. The molecule has 0 aliphatic heterocycles. The average Bonchev–Trinajstić information content (AvgIpc) is 3.39. The van der Waals surface area contributed by atoms with Gasteiger partial charge >= 0.3 is 0 Å². The minimum Gasteiger partial charge on any atom is -0.355 e. The van der Waals surface area contributed by atoms with Crippen LogP contribution in [0.4, 0.5) is 0 Å². The Morgan fingerprint density at radius 3 is 2.76 bits per heavy atom. The summed E-state index contributed by atoms with van der Waals surface area (Å²) in [5.41, 5.74) is 0.994. The van der Waals surface area contributed by atoms with Crippen molar-refractivity contribution in [3.63, 3.8) is 0 Å². The predicted octanol–water partition coefficient (Wildman–Crippen LogP) is 4.72. The zero-order chi connectivity index (χ0) is 17.1. The van der Waals surface area contributed by atoms with Gasteiger partial charge in [0.2, 0.25) is 5.91 Å². The molecule has 0 saturated heterocycles. The third kappa shape index (κ3) is 3.11. The van der Waals surface area contributed by atoms with Gasteiger partial charge in [0, 0.05) is 29.7 Å². The maximum Gasteiger partial charge on any atom is 0.231 e. The minimum absolute atomic E-state index is 0.227. The van der Waals surface area contributed by atoms with Crippen LogP contribution in [0.15, 0.2) is 54.0 Å². The fourth-order valence-corrected chi connectivity index (χ4v) is 5.05. The van der Waals surface area contributed by atoms with Crippen molar-refractivity contribution >= 4 is 28.1 Å². The van der Waals surface area contributed by atoms with Crippen LogP contribution < -0.4 is 5.32 Å². The molecule has 0 atom stereocenters. The molecule has 1 aromatic carbocycles. The Bertz CT molecular complexity index is 844. The van der Waals surface area contributed by atoms with E-state index in [0.29, 0.717) is 0 Å². The number of thiophene rings is 1. The molecule has 2 aromatic heterocycles. The molecule has 130 valence electrons. The number of para-hydroxylation sites is 1. The second-order valence-electron chi connectivity index (χ2n) is 6.94. The summed E-state index contributed by atoms with van der Waals surface area (Å²) < 4.78 is 2.27. The van der Waals surface area contributed by atoms with Gasteiger partial charge in [0.15, 0.2) is 0 Å². The normalized spacial score (nSPS) is 16.3. The zero-order valence-electron chi connectivity index (χ0n) is 14.4. The molecule has 1 fully saturated rings. The van der Waals surface area contributed by atoms with Gasteiger partial charge in [0.25, 0.3) is 0 Å². The number of nitrogens with zero attached hydrogens (tertiary/aromatic N) is 1. The van der Waals surface area contributed by atoms with Gasteiger partial charge < -0.3 is 9.88 Å². The van der Waals surface area contributed by atoms with E-state index in [-0.39, 0.29) is 11.3 Å². The molecule has 25 heavy (non-hydrogen) atoms. The van der Waals surface area contributed by atoms with E-state index in [1.54, 1.807) is 11.3 Å². The lowest BCUT2D eigenvalue weighted by molar-refractivity contribution is -0.126. The molecular weight excluding hydrogens is 328 g/mol. The summed E-state index contributed by atoms with van der Waals surface area (Å²) in [7, 11) is 0. The van der Waals surface area contributed by atoms with Gasteiger partial charge in [-0.15, -0.1) is 11.3 Å². The number of carbonyl (C=O) groups excluding carboxylic acids is 1. The van der Waals surface area contributed by atoms with Crippen LogP contribution >= 0.6 is 11.3 Å². The Labute approximate surface area is 152 Å². The quantitative estimate of drug-likeness (QED) is 0.640. The third-order valence-corrected chi connectivity index (χ3v) is 6.50. The van der Waals surface area contributed by atoms with Gasteiger partial charge in [-0.3, -0.25) is 4.79 Å². The van der Waals surface area contributed by atoms with Crippen LogP contribution in [-0.4, -0.2) is 17.0 Å². The highest BCUT2D eigenvalue weighted by molar-refractivity contribution is 7.10. The first-order valence-corrected chi connectivity index (χ1v) is 10.0. The lowest BCUT2D eigenvalue weighted by Gasteiger charge is -2.26. The molecule has 3 nitrogen and oxygen atoms in total. The second-order valence-corrected chi connectivity index (χ2v) is 7.89. The Balaban J connectivity index is 1.36. The number of aryl methyl sites for hydroxylation is 1. The maximum atomic E-state index is 12.9. The van der Waals surface area contributed by atoms with Crippen molar-refractivity contribution in [2.45, 2.75) is 44.1 Å². The fourth-order valence-electron chi connectivity index (χ4n) is 4.07. The summed E-state index contributed by atoms with van der Waals surface area (Å²) in [5.74, 6) is 0.227. The van der Waals surface area contributed by atoms with Crippen LogP contribution in [0.2, 0.25) is 0 Å². The van der Waals surface area contributed by atoms with Crippen molar-refractivity contribution in [2.75, 3.05) is 6.54 Å². The molecule has 3 aromatic rings. The van der Waals surface area contributed by atoms with Crippen molar-refractivity contribution in [3.05, 3.63) is 58.9 Å². The number of benzene rings is 1. The molecule has 2 heterocycles. The first-order chi connectivity index (χ1) is 12.3. The Morgan fingerprint density at radius 2 is 1.96 bits per heavy atom. The smallest absolute Gasteiger partial charge is 0.231 e. The standard InChI is InChI=1S/C21H24N2OS/c24-20(21(11-3-4-12-21)19-9-5-16-25-19)22-13-6-14-23-15-10-17-7-1-2-8-18(17)23/h1-2,5,7-10,15-16H,3-4,6,11-14H2,(H,22,24). The average molecular weight is 353 g/mol. The highest BCUT2D eigenvalue weighted by Crippen LogP contribution is 2.43. The maximum absolute atomic E-state index is 12.9. The SMILES string of the molecule is O=C(NCCCn1ccc2ccccc21)C1(c2cccs2)CCCC1. The lowest BCUT2D eigenvalue weighted by atomic mass is 9.83. The number of fused-ring (bicyclic) bond motifs is 1. The van der Waals surface area contributed by atoms with Crippen molar-refractivity contribution < 1.29 is 4.79 Å². The van der Waals surface area contributed by atoms with E-state index in [1.807, 2.05) is 0 Å². The molecule has 1 N–H and O–H groups in total. The molecule has 0 bridgehead atoms. The van der Waals surface area contributed by atoms with Crippen LogP contribution in [0.25, 0.3) is 10.9 Å². The van der Waals surface area contributed by atoms with Crippen LogP contribution in [0, 0.1) is 0 Å². The third-order valence-electron chi connectivity index (χ3n) is 5.43.